The fraction of sp³-hybridized carbons (Fsp3) is 0.333. The predicted molar refractivity (Wildman–Crippen MR) is 84.6 cm³/mol. The largest absolute Gasteiger partial charge is 0.464 e. The van der Waals surface area contributed by atoms with Gasteiger partial charge in [-0.15, -0.1) is 0 Å². The van der Waals surface area contributed by atoms with E-state index >= 15 is 0 Å². The summed E-state index contributed by atoms with van der Waals surface area (Å²) in [5, 5.41) is 3.61. The normalized spacial score (nSPS) is 12.0. The number of hydrogen-bond donors (Lipinski definition) is 1. The Morgan fingerprint density at radius 2 is 1.86 bits per heavy atom. The van der Waals surface area contributed by atoms with Gasteiger partial charge in [-0.25, -0.2) is 4.79 Å². The molecular formula is C15H17Cl2NO3. The number of ketones is 1. The van der Waals surface area contributed by atoms with Crippen molar-refractivity contribution >= 4 is 40.6 Å². The Balaban J connectivity index is 3.13. The topological polar surface area (TPSA) is 55.4 Å². The molecule has 0 heterocycles. The number of methoxy groups -OCH3 is 1. The average Bonchev–Trinajstić information content (AvgIpc) is 2.38. The molecule has 0 aliphatic heterocycles. The summed E-state index contributed by atoms with van der Waals surface area (Å²) in [5.41, 5.74) is -0.133. The summed E-state index contributed by atoms with van der Waals surface area (Å²) in [7, 11) is 1.24. The van der Waals surface area contributed by atoms with Crippen molar-refractivity contribution in [1.29, 1.82) is 0 Å². The maximum Gasteiger partial charge on any atom is 0.354 e. The molecule has 0 fully saturated rings. The lowest BCUT2D eigenvalue weighted by atomic mass is 9.90. The summed E-state index contributed by atoms with van der Waals surface area (Å²) in [6.45, 7) is 5.28. The summed E-state index contributed by atoms with van der Waals surface area (Å²) in [5.74, 6) is -0.862. The fourth-order valence-electron chi connectivity index (χ4n) is 1.34. The first-order valence-electron chi connectivity index (χ1n) is 6.21. The third-order valence-electron chi connectivity index (χ3n) is 2.62. The molecule has 0 aliphatic rings. The number of esters is 1. The van der Waals surface area contributed by atoms with E-state index in [1.54, 1.807) is 32.9 Å². The first kappa shape index (κ1) is 17.5. The highest BCUT2D eigenvalue weighted by Crippen LogP contribution is 2.27. The number of benzene rings is 1. The van der Waals surface area contributed by atoms with Crippen LogP contribution in [0.4, 0.5) is 5.69 Å². The van der Waals surface area contributed by atoms with Crippen LogP contribution in [0.2, 0.25) is 10.0 Å². The van der Waals surface area contributed by atoms with E-state index in [-0.39, 0.29) is 11.5 Å². The number of allylic oxidation sites excluding steroid dienone is 1. The summed E-state index contributed by atoms with van der Waals surface area (Å²) in [6, 6.07) is 4.77. The second kappa shape index (κ2) is 6.96. The molecule has 0 spiro atoms. The maximum atomic E-state index is 12.0. The molecule has 0 aliphatic carbocycles. The zero-order valence-electron chi connectivity index (χ0n) is 12.3. The zero-order chi connectivity index (χ0) is 16.2. The number of carbonyl (C=O) groups excluding carboxylic acids is 2. The Morgan fingerprint density at radius 1 is 1.24 bits per heavy atom. The molecule has 0 unspecified atom stereocenters. The Morgan fingerprint density at radius 3 is 2.33 bits per heavy atom. The molecule has 0 saturated heterocycles. The summed E-state index contributed by atoms with van der Waals surface area (Å²) in [4.78, 5) is 23.8. The molecule has 1 rings (SSSR count). The zero-order valence-corrected chi connectivity index (χ0v) is 13.8. The monoisotopic (exact) mass is 329 g/mol. The molecule has 0 aromatic heterocycles. The lowest BCUT2D eigenvalue weighted by molar-refractivity contribution is -0.136. The van der Waals surface area contributed by atoms with Crippen molar-refractivity contribution < 1.29 is 14.3 Å². The van der Waals surface area contributed by atoms with Crippen molar-refractivity contribution in [2.24, 2.45) is 5.41 Å². The van der Waals surface area contributed by atoms with Gasteiger partial charge in [0.25, 0.3) is 0 Å². The molecule has 0 amide bonds. The number of anilines is 1. The Kier molecular flexibility index (Phi) is 5.81. The van der Waals surface area contributed by atoms with Gasteiger partial charge in [0, 0.05) is 16.5 Å². The maximum absolute atomic E-state index is 12.0. The van der Waals surface area contributed by atoms with Gasteiger partial charge in [0.05, 0.1) is 17.8 Å². The van der Waals surface area contributed by atoms with E-state index in [0.717, 1.165) is 0 Å². The van der Waals surface area contributed by atoms with Gasteiger partial charge in [-0.1, -0.05) is 44.0 Å². The van der Waals surface area contributed by atoms with Crippen LogP contribution in [0.1, 0.15) is 20.8 Å². The second-order valence-electron chi connectivity index (χ2n) is 5.41. The van der Waals surface area contributed by atoms with Crippen LogP contribution in [0.3, 0.4) is 0 Å². The Bertz CT molecular complexity index is 589. The van der Waals surface area contributed by atoms with Crippen LogP contribution >= 0.6 is 23.2 Å². The van der Waals surface area contributed by atoms with Gasteiger partial charge < -0.3 is 10.1 Å². The number of halogens is 2. The number of hydrogen-bond acceptors (Lipinski definition) is 4. The minimum absolute atomic E-state index is 0.0154. The van der Waals surface area contributed by atoms with Gasteiger partial charge in [0.15, 0.2) is 5.78 Å². The van der Waals surface area contributed by atoms with Crippen molar-refractivity contribution in [3.05, 3.63) is 40.0 Å². The van der Waals surface area contributed by atoms with E-state index < -0.39 is 11.4 Å². The molecule has 21 heavy (non-hydrogen) atoms. The molecule has 4 nitrogen and oxygen atoms in total. The fourth-order valence-corrected chi connectivity index (χ4v) is 1.80. The molecule has 1 aromatic carbocycles. The van der Waals surface area contributed by atoms with E-state index in [9.17, 15) is 9.59 Å². The first-order chi connectivity index (χ1) is 9.65. The molecule has 0 bridgehead atoms. The van der Waals surface area contributed by atoms with E-state index in [1.165, 1.54) is 19.3 Å². The second-order valence-corrected chi connectivity index (χ2v) is 6.26. The molecule has 1 N–H and O–H groups in total. The average molecular weight is 330 g/mol. The number of rotatable bonds is 4. The van der Waals surface area contributed by atoms with Crippen molar-refractivity contribution in [2.75, 3.05) is 12.4 Å². The number of ether oxygens (including phenoxy) is 1. The van der Waals surface area contributed by atoms with Gasteiger partial charge in [-0.3, -0.25) is 4.79 Å². The standard InChI is InChI=1S/C15H17Cl2NO3/c1-15(2,3)13(19)8-12(14(20)21-4)18-11-6-5-9(16)7-10(11)17/h5-8,18H,1-4H3. The van der Waals surface area contributed by atoms with E-state index in [1.807, 2.05) is 0 Å². The molecule has 0 radical (unpaired) electrons. The van der Waals surface area contributed by atoms with Crippen LogP contribution in [0.15, 0.2) is 30.0 Å². The van der Waals surface area contributed by atoms with E-state index in [2.05, 4.69) is 10.1 Å². The van der Waals surface area contributed by atoms with Crippen molar-refractivity contribution in [1.82, 2.24) is 0 Å². The van der Waals surface area contributed by atoms with E-state index in [0.29, 0.717) is 15.7 Å². The minimum Gasteiger partial charge on any atom is -0.464 e. The van der Waals surface area contributed by atoms with Crippen LogP contribution in [0.5, 0.6) is 0 Å². The highest BCUT2D eigenvalue weighted by atomic mass is 35.5. The lowest BCUT2D eigenvalue weighted by Gasteiger charge is -2.16. The molecule has 6 heteroatoms. The highest BCUT2D eigenvalue weighted by Gasteiger charge is 2.22. The SMILES string of the molecule is COC(=O)C(=CC(=O)C(C)(C)C)Nc1ccc(Cl)cc1Cl. The van der Waals surface area contributed by atoms with Gasteiger partial charge in [-0.05, 0) is 18.2 Å². The van der Waals surface area contributed by atoms with Crippen LogP contribution in [-0.4, -0.2) is 18.9 Å². The van der Waals surface area contributed by atoms with Crippen molar-refractivity contribution in [2.45, 2.75) is 20.8 Å². The third kappa shape index (κ3) is 5.06. The summed E-state index contributed by atoms with van der Waals surface area (Å²) in [6.07, 6.45) is 1.22. The summed E-state index contributed by atoms with van der Waals surface area (Å²) < 4.78 is 4.67. The van der Waals surface area contributed by atoms with E-state index in [4.69, 9.17) is 23.2 Å². The molecule has 0 atom stereocenters. The Hall–Kier alpha value is -1.52. The highest BCUT2D eigenvalue weighted by molar-refractivity contribution is 6.36. The van der Waals surface area contributed by atoms with Gasteiger partial charge in [0.2, 0.25) is 0 Å². The molecule has 0 saturated carbocycles. The summed E-state index contributed by atoms with van der Waals surface area (Å²) >= 11 is 11.9. The van der Waals surface area contributed by atoms with Crippen molar-refractivity contribution in [3.8, 4) is 0 Å². The Labute approximate surface area is 134 Å². The van der Waals surface area contributed by atoms with Gasteiger partial charge in [0.1, 0.15) is 5.70 Å². The van der Waals surface area contributed by atoms with Gasteiger partial charge in [-0.2, -0.15) is 0 Å². The molecular weight excluding hydrogens is 313 g/mol. The number of carbonyl (C=O) groups is 2. The third-order valence-corrected chi connectivity index (χ3v) is 3.17. The molecule has 114 valence electrons. The lowest BCUT2D eigenvalue weighted by Crippen LogP contribution is -2.22. The quantitative estimate of drug-likeness (QED) is 0.668. The number of nitrogens with one attached hydrogen (secondary N) is 1. The van der Waals surface area contributed by atoms with Crippen molar-refractivity contribution in [3.63, 3.8) is 0 Å². The smallest absolute Gasteiger partial charge is 0.354 e. The van der Waals surface area contributed by atoms with Gasteiger partial charge >= 0.3 is 5.97 Å². The molecule has 1 aromatic rings. The van der Waals surface area contributed by atoms with Crippen LogP contribution in [0.25, 0.3) is 0 Å². The first-order valence-corrected chi connectivity index (χ1v) is 6.97. The predicted octanol–water partition coefficient (Wildman–Crippen LogP) is 4.08. The van der Waals surface area contributed by atoms with Crippen LogP contribution in [0, 0.1) is 5.41 Å². The minimum atomic E-state index is -0.654. The van der Waals surface area contributed by atoms with Crippen LogP contribution < -0.4 is 5.32 Å². The van der Waals surface area contributed by atoms with Crippen LogP contribution in [-0.2, 0) is 14.3 Å².